The van der Waals surface area contributed by atoms with Crippen LogP contribution in [-0.2, 0) is 9.59 Å². The molecular weight excluding hydrogens is 436 g/mol. The number of amides is 3. The summed E-state index contributed by atoms with van der Waals surface area (Å²) >= 11 is 1.86. The van der Waals surface area contributed by atoms with Gasteiger partial charge >= 0.3 is 0 Å². The van der Waals surface area contributed by atoms with Gasteiger partial charge in [0.25, 0.3) is 5.91 Å². The van der Waals surface area contributed by atoms with E-state index in [2.05, 4.69) is 10.6 Å². The fourth-order valence-corrected chi connectivity index (χ4v) is 5.16. The SMILES string of the molecule is O=C(CN1CCCC(C(=O)Nc2ccccc2)C1)Nc1cccc(C(=O)N2CCSCC2)c1. The highest BCUT2D eigenvalue weighted by atomic mass is 32.2. The maximum absolute atomic E-state index is 12.7. The minimum atomic E-state index is -0.143. The number of rotatable bonds is 6. The third kappa shape index (κ3) is 6.58. The van der Waals surface area contributed by atoms with Gasteiger partial charge in [-0.15, -0.1) is 0 Å². The quantitative estimate of drug-likeness (QED) is 0.684. The molecule has 1 unspecified atom stereocenters. The molecule has 2 aliphatic heterocycles. The van der Waals surface area contributed by atoms with Crippen LogP contribution in [0.25, 0.3) is 0 Å². The monoisotopic (exact) mass is 466 g/mol. The van der Waals surface area contributed by atoms with Gasteiger partial charge in [0.1, 0.15) is 0 Å². The molecule has 2 aromatic carbocycles. The highest BCUT2D eigenvalue weighted by molar-refractivity contribution is 7.99. The van der Waals surface area contributed by atoms with Crippen molar-refractivity contribution in [1.82, 2.24) is 9.80 Å². The molecule has 2 fully saturated rings. The molecule has 174 valence electrons. The van der Waals surface area contributed by atoms with Crippen LogP contribution in [0.4, 0.5) is 11.4 Å². The molecule has 7 nitrogen and oxygen atoms in total. The molecular formula is C25H30N4O3S. The Morgan fingerprint density at radius 3 is 2.45 bits per heavy atom. The molecule has 0 aliphatic carbocycles. The van der Waals surface area contributed by atoms with Gasteiger partial charge in [-0.3, -0.25) is 19.3 Å². The maximum Gasteiger partial charge on any atom is 0.253 e. The minimum Gasteiger partial charge on any atom is -0.337 e. The number of hydrogen-bond acceptors (Lipinski definition) is 5. The highest BCUT2D eigenvalue weighted by Crippen LogP contribution is 2.20. The van der Waals surface area contributed by atoms with Crippen LogP contribution < -0.4 is 10.6 Å². The van der Waals surface area contributed by atoms with E-state index in [1.165, 1.54) is 0 Å². The van der Waals surface area contributed by atoms with Crippen LogP contribution in [0, 0.1) is 5.92 Å². The molecule has 0 bridgehead atoms. The van der Waals surface area contributed by atoms with Crippen molar-refractivity contribution in [3.05, 3.63) is 60.2 Å². The summed E-state index contributed by atoms with van der Waals surface area (Å²) in [7, 11) is 0. The van der Waals surface area contributed by atoms with Crippen LogP contribution in [0.1, 0.15) is 23.2 Å². The van der Waals surface area contributed by atoms with E-state index in [1.54, 1.807) is 24.3 Å². The summed E-state index contributed by atoms with van der Waals surface area (Å²) in [6, 6.07) is 16.6. The molecule has 2 aliphatic rings. The molecule has 2 saturated heterocycles. The number of nitrogens with zero attached hydrogens (tertiary/aromatic N) is 2. The summed E-state index contributed by atoms with van der Waals surface area (Å²) in [5.74, 6) is 1.64. The second kappa shape index (κ2) is 11.3. The second-order valence-electron chi connectivity index (χ2n) is 8.46. The number of piperidine rings is 1. The van der Waals surface area contributed by atoms with Crippen molar-refractivity contribution in [2.45, 2.75) is 12.8 Å². The number of nitrogens with one attached hydrogen (secondary N) is 2. The van der Waals surface area contributed by atoms with E-state index in [0.717, 1.165) is 49.7 Å². The van der Waals surface area contributed by atoms with E-state index in [4.69, 9.17) is 0 Å². The Kier molecular flexibility index (Phi) is 8.01. The first kappa shape index (κ1) is 23.3. The smallest absolute Gasteiger partial charge is 0.253 e. The molecule has 8 heteroatoms. The Hall–Kier alpha value is -2.84. The Morgan fingerprint density at radius 2 is 1.67 bits per heavy atom. The Balaban J connectivity index is 1.29. The number of anilines is 2. The lowest BCUT2D eigenvalue weighted by Gasteiger charge is -2.31. The van der Waals surface area contributed by atoms with Crippen molar-refractivity contribution in [3.8, 4) is 0 Å². The second-order valence-corrected chi connectivity index (χ2v) is 9.69. The summed E-state index contributed by atoms with van der Waals surface area (Å²) in [4.78, 5) is 42.0. The normalized spacial score (nSPS) is 19.0. The van der Waals surface area contributed by atoms with Crippen molar-refractivity contribution < 1.29 is 14.4 Å². The molecule has 0 spiro atoms. The van der Waals surface area contributed by atoms with Crippen molar-refractivity contribution in [2.24, 2.45) is 5.92 Å². The van der Waals surface area contributed by atoms with Crippen molar-refractivity contribution in [1.29, 1.82) is 0 Å². The third-order valence-corrected chi connectivity index (χ3v) is 6.92. The van der Waals surface area contributed by atoms with E-state index < -0.39 is 0 Å². The van der Waals surface area contributed by atoms with Crippen LogP contribution >= 0.6 is 11.8 Å². The van der Waals surface area contributed by atoms with Gasteiger partial charge in [0.05, 0.1) is 12.5 Å². The minimum absolute atomic E-state index is 0.00589. The van der Waals surface area contributed by atoms with Crippen molar-refractivity contribution in [2.75, 3.05) is 54.9 Å². The van der Waals surface area contributed by atoms with Crippen LogP contribution in [-0.4, -0.2) is 71.8 Å². The average molecular weight is 467 g/mol. The van der Waals surface area contributed by atoms with E-state index in [-0.39, 0.29) is 30.2 Å². The molecule has 2 heterocycles. The first-order chi connectivity index (χ1) is 16.1. The fraction of sp³-hybridized carbons (Fsp3) is 0.400. The van der Waals surface area contributed by atoms with Gasteiger partial charge in [0.2, 0.25) is 11.8 Å². The zero-order valence-electron chi connectivity index (χ0n) is 18.7. The molecule has 4 rings (SSSR count). The summed E-state index contributed by atoms with van der Waals surface area (Å²) in [5.41, 5.74) is 2.00. The number of benzene rings is 2. The predicted molar refractivity (Wildman–Crippen MR) is 133 cm³/mol. The van der Waals surface area contributed by atoms with E-state index >= 15 is 0 Å². The fourth-order valence-electron chi connectivity index (χ4n) is 4.26. The Labute approximate surface area is 198 Å². The van der Waals surface area contributed by atoms with E-state index in [9.17, 15) is 14.4 Å². The van der Waals surface area contributed by atoms with Gasteiger partial charge in [-0.2, -0.15) is 11.8 Å². The van der Waals surface area contributed by atoms with Crippen LogP contribution in [0.5, 0.6) is 0 Å². The number of carbonyl (C=O) groups excluding carboxylic acids is 3. The lowest BCUT2D eigenvalue weighted by Crippen LogP contribution is -2.44. The van der Waals surface area contributed by atoms with Gasteiger partial charge in [0, 0.05) is 48.1 Å². The zero-order chi connectivity index (χ0) is 23.0. The average Bonchev–Trinajstić information content (AvgIpc) is 2.85. The molecule has 33 heavy (non-hydrogen) atoms. The van der Waals surface area contributed by atoms with Gasteiger partial charge < -0.3 is 15.5 Å². The summed E-state index contributed by atoms with van der Waals surface area (Å²) in [6.07, 6.45) is 1.69. The predicted octanol–water partition coefficient (Wildman–Crippen LogP) is 3.16. The standard InChI is InChI=1S/C25H30N4O3S/c30-23(26-22-10-4-6-19(16-22)25(32)29-12-14-33-15-13-29)18-28-11-5-7-20(17-28)24(31)27-21-8-2-1-3-9-21/h1-4,6,8-10,16,20H,5,7,11-15,17-18H2,(H,26,30)(H,27,31). The van der Waals surface area contributed by atoms with E-state index in [0.29, 0.717) is 17.8 Å². The number of thioether (sulfide) groups is 1. The lowest BCUT2D eigenvalue weighted by atomic mass is 9.97. The molecule has 2 N–H and O–H groups in total. The van der Waals surface area contributed by atoms with Crippen molar-refractivity contribution in [3.63, 3.8) is 0 Å². The molecule has 3 amide bonds. The number of carbonyl (C=O) groups is 3. The summed E-state index contributed by atoms with van der Waals surface area (Å²) in [5, 5.41) is 5.88. The zero-order valence-corrected chi connectivity index (χ0v) is 19.5. The first-order valence-corrected chi connectivity index (χ1v) is 12.6. The number of likely N-dealkylation sites (tertiary alicyclic amines) is 1. The summed E-state index contributed by atoms with van der Waals surface area (Å²) in [6.45, 7) is 3.07. The van der Waals surface area contributed by atoms with E-state index in [1.807, 2.05) is 51.9 Å². The van der Waals surface area contributed by atoms with Crippen LogP contribution in [0.15, 0.2) is 54.6 Å². The number of hydrogen-bond donors (Lipinski definition) is 2. The van der Waals surface area contributed by atoms with Gasteiger partial charge in [-0.05, 0) is 49.7 Å². The van der Waals surface area contributed by atoms with Gasteiger partial charge in [0.15, 0.2) is 0 Å². The molecule has 0 radical (unpaired) electrons. The lowest BCUT2D eigenvalue weighted by molar-refractivity contribution is -0.123. The van der Waals surface area contributed by atoms with Crippen molar-refractivity contribution >= 4 is 40.9 Å². The van der Waals surface area contributed by atoms with Crippen LogP contribution in [0.2, 0.25) is 0 Å². The first-order valence-electron chi connectivity index (χ1n) is 11.4. The Bertz CT molecular complexity index is 979. The number of para-hydroxylation sites is 1. The van der Waals surface area contributed by atoms with Gasteiger partial charge in [-0.1, -0.05) is 24.3 Å². The largest absolute Gasteiger partial charge is 0.337 e. The highest BCUT2D eigenvalue weighted by Gasteiger charge is 2.27. The van der Waals surface area contributed by atoms with Crippen LogP contribution in [0.3, 0.4) is 0 Å². The third-order valence-electron chi connectivity index (χ3n) is 5.98. The topological polar surface area (TPSA) is 81.8 Å². The molecule has 1 atom stereocenters. The molecule has 0 saturated carbocycles. The van der Waals surface area contributed by atoms with Gasteiger partial charge in [-0.25, -0.2) is 0 Å². The maximum atomic E-state index is 12.7. The molecule has 2 aromatic rings. The Morgan fingerprint density at radius 1 is 0.909 bits per heavy atom. The molecule has 0 aromatic heterocycles. The summed E-state index contributed by atoms with van der Waals surface area (Å²) < 4.78 is 0.